The Kier molecular flexibility index (Phi) is 5.87. The average Bonchev–Trinajstić information content (AvgIpc) is 2.69. The van der Waals surface area contributed by atoms with Gasteiger partial charge in [0.25, 0.3) is 0 Å². The third-order valence-corrected chi connectivity index (χ3v) is 11.4. The Morgan fingerprint density at radius 2 is 1.00 bits per heavy atom. The smallest absolute Gasteiger partial charge is 0.374 e. The molecule has 0 aromatic rings. The van der Waals surface area contributed by atoms with E-state index in [0.29, 0.717) is 12.1 Å². The van der Waals surface area contributed by atoms with Crippen molar-refractivity contribution in [3.05, 3.63) is 0 Å². The van der Waals surface area contributed by atoms with Crippen LogP contribution in [-0.2, 0) is 8.85 Å². The van der Waals surface area contributed by atoms with E-state index in [4.69, 9.17) is 8.85 Å². The molecule has 4 atom stereocenters. The zero-order chi connectivity index (χ0) is 17.3. The Morgan fingerprint density at radius 3 is 1.44 bits per heavy atom. The van der Waals surface area contributed by atoms with Crippen LogP contribution in [0.15, 0.2) is 0 Å². The van der Waals surface area contributed by atoms with E-state index < -0.39 is 8.88 Å². The van der Waals surface area contributed by atoms with E-state index in [2.05, 4.69) is 9.13 Å². The van der Waals surface area contributed by atoms with Gasteiger partial charge in [-0.15, -0.1) is 0 Å². The molecule has 2 saturated heterocycles. The summed E-state index contributed by atoms with van der Waals surface area (Å²) in [5.41, 5.74) is 0. The van der Waals surface area contributed by atoms with Crippen LogP contribution in [0.25, 0.3) is 0 Å². The van der Waals surface area contributed by atoms with Crippen LogP contribution < -0.4 is 0 Å². The van der Waals surface area contributed by atoms with E-state index in [1.165, 1.54) is 90.1 Å². The second-order valence-corrected chi connectivity index (χ2v) is 11.9. The fourth-order valence-corrected chi connectivity index (χ4v) is 10.5. The van der Waals surface area contributed by atoms with E-state index in [9.17, 15) is 0 Å². The minimum absolute atomic E-state index is 0.707. The van der Waals surface area contributed by atoms with E-state index >= 15 is 0 Å². The molecule has 4 unspecified atom stereocenters. The molecule has 2 aliphatic carbocycles. The minimum Gasteiger partial charge on any atom is -0.374 e. The van der Waals surface area contributed by atoms with Crippen LogP contribution in [0.4, 0.5) is 0 Å². The summed E-state index contributed by atoms with van der Waals surface area (Å²) in [6, 6.07) is 1.41. The van der Waals surface area contributed by atoms with Crippen LogP contribution >= 0.6 is 0 Å². The molecule has 0 bridgehead atoms. The molecular weight excluding hydrogens is 328 g/mol. The highest BCUT2D eigenvalue weighted by molar-refractivity contribution is 6.61. The fourth-order valence-electron chi connectivity index (χ4n) is 6.67. The normalized spacial score (nSPS) is 38.2. The lowest BCUT2D eigenvalue weighted by atomic mass is 9.79. The van der Waals surface area contributed by atoms with Gasteiger partial charge < -0.3 is 8.85 Å². The summed E-state index contributed by atoms with van der Waals surface area (Å²) in [5.74, 6) is 1.76. The number of nitrogens with zero attached hydrogens (tertiary/aromatic N) is 2. The number of piperidine rings is 2. The highest BCUT2D eigenvalue weighted by atomic mass is 28.4. The van der Waals surface area contributed by atoms with Crippen molar-refractivity contribution >= 4 is 8.88 Å². The molecule has 2 aliphatic heterocycles. The zero-order valence-corrected chi connectivity index (χ0v) is 17.4. The zero-order valence-electron chi connectivity index (χ0n) is 16.4. The predicted octanol–water partition coefficient (Wildman–Crippen LogP) is 4.02. The summed E-state index contributed by atoms with van der Waals surface area (Å²) in [4.78, 5) is 0. The lowest BCUT2D eigenvalue weighted by Crippen LogP contribution is -2.76. The van der Waals surface area contributed by atoms with E-state index in [1.807, 2.05) is 14.2 Å². The summed E-state index contributed by atoms with van der Waals surface area (Å²) >= 11 is 0. The minimum atomic E-state index is -2.49. The maximum absolute atomic E-state index is 6.43. The van der Waals surface area contributed by atoms with Gasteiger partial charge in [0.1, 0.15) is 0 Å². The summed E-state index contributed by atoms with van der Waals surface area (Å²) in [6.07, 6.45) is 16.7. The summed E-state index contributed by atoms with van der Waals surface area (Å²) in [6.45, 7) is 2.37. The first-order chi connectivity index (χ1) is 12.3. The van der Waals surface area contributed by atoms with Gasteiger partial charge in [-0.05, 0) is 76.3 Å². The van der Waals surface area contributed by atoms with Crippen molar-refractivity contribution in [3.8, 4) is 0 Å². The Bertz CT molecular complexity index is 405. The number of hydrogen-bond acceptors (Lipinski definition) is 4. The highest BCUT2D eigenvalue weighted by Gasteiger charge is 2.58. The van der Waals surface area contributed by atoms with Gasteiger partial charge in [-0.2, -0.15) is 0 Å². The van der Waals surface area contributed by atoms with Crippen molar-refractivity contribution in [2.24, 2.45) is 11.8 Å². The Labute approximate surface area is 155 Å². The third-order valence-electron chi connectivity index (χ3n) is 7.74. The second kappa shape index (κ2) is 7.97. The van der Waals surface area contributed by atoms with E-state index in [1.54, 1.807) is 0 Å². The lowest BCUT2D eigenvalue weighted by molar-refractivity contribution is -0.00837. The molecular formula is C20H38N2O2Si. The highest BCUT2D eigenvalue weighted by Crippen LogP contribution is 2.43. The largest absolute Gasteiger partial charge is 0.522 e. The van der Waals surface area contributed by atoms with Crippen molar-refractivity contribution in [3.63, 3.8) is 0 Å². The van der Waals surface area contributed by atoms with Crippen LogP contribution in [0.3, 0.4) is 0 Å². The van der Waals surface area contributed by atoms with Crippen LogP contribution in [0.1, 0.15) is 77.0 Å². The van der Waals surface area contributed by atoms with E-state index in [0.717, 1.165) is 11.8 Å². The molecule has 2 saturated carbocycles. The van der Waals surface area contributed by atoms with Gasteiger partial charge in [-0.25, -0.2) is 0 Å². The summed E-state index contributed by atoms with van der Waals surface area (Å²) < 4.78 is 18.4. The van der Waals surface area contributed by atoms with Crippen LogP contribution in [-0.4, -0.2) is 57.4 Å². The molecule has 4 fully saturated rings. The molecule has 0 radical (unpaired) electrons. The first-order valence-corrected chi connectivity index (χ1v) is 12.6. The maximum atomic E-state index is 6.43. The fraction of sp³-hybridized carbons (Fsp3) is 1.00. The van der Waals surface area contributed by atoms with Gasteiger partial charge in [-0.3, -0.25) is 9.13 Å². The molecule has 0 aromatic carbocycles. The predicted molar refractivity (Wildman–Crippen MR) is 103 cm³/mol. The van der Waals surface area contributed by atoms with Crippen LogP contribution in [0, 0.1) is 11.8 Å². The number of hydrogen-bond donors (Lipinski definition) is 0. The summed E-state index contributed by atoms with van der Waals surface area (Å²) in [5, 5.41) is 0. The lowest BCUT2D eigenvalue weighted by Gasteiger charge is -2.56. The molecule has 0 spiro atoms. The van der Waals surface area contributed by atoms with Gasteiger partial charge in [0.05, 0.1) is 0 Å². The van der Waals surface area contributed by atoms with Crippen molar-refractivity contribution in [1.82, 2.24) is 9.13 Å². The second-order valence-electron chi connectivity index (χ2n) is 8.85. The first kappa shape index (κ1) is 18.4. The topological polar surface area (TPSA) is 24.9 Å². The Morgan fingerprint density at radius 1 is 0.600 bits per heavy atom. The van der Waals surface area contributed by atoms with Crippen molar-refractivity contribution in [1.29, 1.82) is 0 Å². The molecule has 0 N–H and O–H groups in total. The van der Waals surface area contributed by atoms with Crippen LogP contribution in [0.2, 0.25) is 0 Å². The molecule has 25 heavy (non-hydrogen) atoms. The maximum Gasteiger partial charge on any atom is 0.522 e. The van der Waals surface area contributed by atoms with Crippen LogP contribution in [0.5, 0.6) is 0 Å². The van der Waals surface area contributed by atoms with E-state index in [-0.39, 0.29) is 0 Å². The molecule has 4 nitrogen and oxygen atoms in total. The first-order valence-electron chi connectivity index (χ1n) is 10.9. The number of fused-ring (bicyclic) bond motifs is 2. The average molecular weight is 367 g/mol. The molecule has 0 amide bonds. The quantitative estimate of drug-likeness (QED) is 0.702. The van der Waals surface area contributed by atoms with Gasteiger partial charge in [0, 0.05) is 26.3 Å². The number of rotatable bonds is 4. The van der Waals surface area contributed by atoms with Gasteiger partial charge in [0.15, 0.2) is 0 Å². The van der Waals surface area contributed by atoms with Gasteiger partial charge in [-0.1, -0.05) is 25.7 Å². The van der Waals surface area contributed by atoms with Gasteiger partial charge >= 0.3 is 8.88 Å². The molecule has 4 aliphatic rings. The molecule has 5 heteroatoms. The third kappa shape index (κ3) is 3.24. The molecule has 2 heterocycles. The Hall–Kier alpha value is 0.0569. The molecule has 144 valence electrons. The summed E-state index contributed by atoms with van der Waals surface area (Å²) in [7, 11) is 1.39. The monoisotopic (exact) mass is 366 g/mol. The standard InChI is InChI=1S/C20H38N2O2Si/c1-23-25(24-2,21-15-7-11-17-9-3-5-13-19(17)21)22-16-8-12-18-10-4-6-14-20(18)22/h17-20H,3-16H2,1-2H3. The van der Waals surface area contributed by atoms with Crippen molar-refractivity contribution in [2.45, 2.75) is 89.1 Å². The molecule has 4 rings (SSSR count). The SMILES string of the molecule is CO[Si](OC)(N1CCCC2CCCCC21)N1CCCC2CCCCC21. The van der Waals surface area contributed by atoms with Gasteiger partial charge in [0.2, 0.25) is 0 Å². The van der Waals surface area contributed by atoms with Crippen molar-refractivity contribution < 1.29 is 8.85 Å². The van der Waals surface area contributed by atoms with Crippen molar-refractivity contribution in [2.75, 3.05) is 27.3 Å². The Balaban J connectivity index is 1.63. The molecule has 0 aromatic heterocycles.